The van der Waals surface area contributed by atoms with Gasteiger partial charge in [0.2, 0.25) is 0 Å². The molecule has 0 saturated heterocycles. The molecule has 3 nitrogen and oxygen atoms in total. The summed E-state index contributed by atoms with van der Waals surface area (Å²) in [6.07, 6.45) is 3.30. The average molecular weight is 199 g/mol. The molecular weight excluding hydrogens is 185 g/mol. The average Bonchev–Trinajstić information content (AvgIpc) is 2.66. The van der Waals surface area contributed by atoms with E-state index in [0.717, 1.165) is 24.8 Å². The van der Waals surface area contributed by atoms with Crippen LogP contribution in [-0.2, 0) is 9.63 Å². The molecule has 0 aromatic heterocycles. The summed E-state index contributed by atoms with van der Waals surface area (Å²) in [7, 11) is 0. The number of alkyl halides is 1. The fourth-order valence-corrected chi connectivity index (χ4v) is 2.16. The van der Waals surface area contributed by atoms with Crippen LogP contribution in [0.2, 0.25) is 0 Å². The Hall–Kier alpha value is -0.930. The lowest BCUT2D eigenvalue weighted by molar-refractivity contribution is -0.116. The molecule has 1 fully saturated rings. The van der Waals surface area contributed by atoms with Gasteiger partial charge in [0.05, 0.1) is 5.71 Å². The first kappa shape index (κ1) is 9.62. The molecule has 0 radical (unpaired) electrons. The fourth-order valence-electron chi connectivity index (χ4n) is 2.16. The number of hydrogen-bond donors (Lipinski definition) is 0. The minimum Gasteiger partial charge on any atom is -0.384 e. The van der Waals surface area contributed by atoms with Crippen molar-refractivity contribution in [3.05, 3.63) is 0 Å². The normalized spacial score (nSPS) is 37.5. The summed E-state index contributed by atoms with van der Waals surface area (Å²) in [5.74, 6) is 0.198. The van der Waals surface area contributed by atoms with E-state index in [1.54, 1.807) is 0 Å². The molecule has 3 atom stereocenters. The van der Waals surface area contributed by atoms with Gasteiger partial charge in [0.1, 0.15) is 6.17 Å². The number of hydrogen-bond acceptors (Lipinski definition) is 3. The van der Waals surface area contributed by atoms with Gasteiger partial charge in [0.25, 0.3) is 0 Å². The lowest BCUT2D eigenvalue weighted by atomic mass is 9.83. The van der Waals surface area contributed by atoms with Crippen LogP contribution in [-0.4, -0.2) is 24.3 Å². The van der Waals surface area contributed by atoms with Gasteiger partial charge in [0, 0.05) is 12.3 Å². The maximum absolute atomic E-state index is 13.1. The summed E-state index contributed by atoms with van der Waals surface area (Å²) in [5.41, 5.74) is 0.879. The van der Waals surface area contributed by atoms with Crippen molar-refractivity contribution in [3.8, 4) is 0 Å². The number of rotatable bonds is 2. The van der Waals surface area contributed by atoms with Crippen LogP contribution in [0.15, 0.2) is 5.16 Å². The first-order valence-electron chi connectivity index (χ1n) is 5.11. The predicted octanol–water partition coefficient (Wildman–Crippen LogP) is 1.86. The third-order valence-corrected chi connectivity index (χ3v) is 2.95. The summed E-state index contributed by atoms with van der Waals surface area (Å²) < 4.78 is 13.1. The number of carbonyl (C=O) groups is 1. The van der Waals surface area contributed by atoms with Crippen molar-refractivity contribution >= 4 is 12.0 Å². The van der Waals surface area contributed by atoms with Crippen LogP contribution in [0.5, 0.6) is 0 Å². The molecule has 0 aromatic carbocycles. The number of nitrogens with zero attached hydrogens (tertiary/aromatic N) is 1. The maximum Gasteiger partial charge on any atom is 0.187 e. The number of oxime groups is 1. The predicted molar refractivity (Wildman–Crippen MR) is 49.8 cm³/mol. The lowest BCUT2D eigenvalue weighted by Gasteiger charge is -2.23. The highest BCUT2D eigenvalue weighted by Crippen LogP contribution is 2.30. The zero-order chi connectivity index (χ0) is 9.97. The molecule has 1 aliphatic heterocycles. The Kier molecular flexibility index (Phi) is 2.79. The highest BCUT2D eigenvalue weighted by Gasteiger charge is 2.30. The molecule has 2 rings (SSSR count). The van der Waals surface area contributed by atoms with Crippen molar-refractivity contribution < 1.29 is 14.0 Å². The van der Waals surface area contributed by atoms with Crippen LogP contribution in [0, 0.1) is 5.92 Å². The standard InChI is InChI=1S/C10H14FNO2/c11-8-3-1-2-7(4-8)10-5-9(6-13)14-12-10/h6-9H,1-5H2/t7?,8?,9-/m0/s1. The molecule has 0 spiro atoms. The van der Waals surface area contributed by atoms with Crippen LogP contribution < -0.4 is 0 Å². The monoisotopic (exact) mass is 199 g/mol. The molecule has 0 bridgehead atoms. The topological polar surface area (TPSA) is 38.7 Å². The van der Waals surface area contributed by atoms with Crippen molar-refractivity contribution in [2.45, 2.75) is 44.4 Å². The maximum atomic E-state index is 13.1. The van der Waals surface area contributed by atoms with Crippen molar-refractivity contribution in [1.29, 1.82) is 0 Å². The first-order valence-corrected chi connectivity index (χ1v) is 5.11. The molecule has 2 aliphatic rings. The van der Waals surface area contributed by atoms with Gasteiger partial charge < -0.3 is 4.84 Å². The zero-order valence-corrected chi connectivity index (χ0v) is 7.99. The third-order valence-electron chi connectivity index (χ3n) is 2.95. The summed E-state index contributed by atoms with van der Waals surface area (Å²) in [4.78, 5) is 15.3. The van der Waals surface area contributed by atoms with E-state index in [4.69, 9.17) is 4.84 Å². The SMILES string of the molecule is O=C[C@@H]1CC(C2CCCC(F)C2)=NO1. The van der Waals surface area contributed by atoms with E-state index in [2.05, 4.69) is 5.16 Å². The van der Waals surface area contributed by atoms with E-state index in [1.165, 1.54) is 0 Å². The van der Waals surface area contributed by atoms with Gasteiger partial charge in [0.15, 0.2) is 12.4 Å². The van der Waals surface area contributed by atoms with Crippen LogP contribution in [0.25, 0.3) is 0 Å². The summed E-state index contributed by atoms with van der Waals surface area (Å²) >= 11 is 0. The van der Waals surface area contributed by atoms with Gasteiger partial charge in [-0.2, -0.15) is 0 Å². The quantitative estimate of drug-likeness (QED) is 0.637. The zero-order valence-electron chi connectivity index (χ0n) is 7.99. The summed E-state index contributed by atoms with van der Waals surface area (Å²) in [5, 5.41) is 3.86. The third kappa shape index (κ3) is 1.94. The van der Waals surface area contributed by atoms with Gasteiger partial charge in [-0.3, -0.25) is 4.79 Å². The lowest BCUT2D eigenvalue weighted by Crippen LogP contribution is -2.24. The van der Waals surface area contributed by atoms with E-state index in [1.807, 2.05) is 0 Å². The second kappa shape index (κ2) is 4.07. The van der Waals surface area contributed by atoms with Crippen LogP contribution in [0.3, 0.4) is 0 Å². The van der Waals surface area contributed by atoms with E-state index in [0.29, 0.717) is 19.3 Å². The molecule has 1 aliphatic carbocycles. The summed E-state index contributed by atoms with van der Waals surface area (Å²) in [6.45, 7) is 0. The smallest absolute Gasteiger partial charge is 0.187 e. The minimum atomic E-state index is -0.702. The van der Waals surface area contributed by atoms with Crippen molar-refractivity contribution in [1.82, 2.24) is 0 Å². The van der Waals surface area contributed by atoms with Gasteiger partial charge >= 0.3 is 0 Å². The van der Waals surface area contributed by atoms with Crippen molar-refractivity contribution in [2.24, 2.45) is 11.1 Å². The Labute approximate surface area is 82.3 Å². The van der Waals surface area contributed by atoms with Gasteiger partial charge in [-0.1, -0.05) is 5.16 Å². The second-order valence-corrected chi connectivity index (χ2v) is 4.03. The van der Waals surface area contributed by atoms with E-state index in [-0.39, 0.29) is 5.92 Å². The molecular formula is C10H14FNO2. The minimum absolute atomic E-state index is 0.198. The Morgan fingerprint density at radius 1 is 1.50 bits per heavy atom. The molecule has 0 aromatic rings. The van der Waals surface area contributed by atoms with Crippen LogP contribution in [0.1, 0.15) is 32.1 Å². The molecule has 1 saturated carbocycles. The highest BCUT2D eigenvalue weighted by atomic mass is 19.1. The number of aldehydes is 1. The largest absolute Gasteiger partial charge is 0.384 e. The first-order chi connectivity index (χ1) is 6.79. The van der Waals surface area contributed by atoms with Crippen molar-refractivity contribution in [3.63, 3.8) is 0 Å². The number of halogens is 1. The molecule has 14 heavy (non-hydrogen) atoms. The van der Waals surface area contributed by atoms with E-state index < -0.39 is 12.3 Å². The highest BCUT2D eigenvalue weighted by molar-refractivity contribution is 5.90. The Morgan fingerprint density at radius 3 is 3.00 bits per heavy atom. The van der Waals surface area contributed by atoms with Crippen LogP contribution >= 0.6 is 0 Å². The molecule has 0 amide bonds. The van der Waals surface area contributed by atoms with Gasteiger partial charge in [-0.15, -0.1) is 0 Å². The van der Waals surface area contributed by atoms with Crippen LogP contribution in [0.4, 0.5) is 4.39 Å². The van der Waals surface area contributed by atoms with Gasteiger partial charge in [-0.05, 0) is 25.7 Å². The van der Waals surface area contributed by atoms with Gasteiger partial charge in [-0.25, -0.2) is 4.39 Å². The summed E-state index contributed by atoms with van der Waals surface area (Å²) in [6, 6.07) is 0. The number of carbonyl (C=O) groups excluding carboxylic acids is 1. The molecule has 78 valence electrons. The van der Waals surface area contributed by atoms with Crippen molar-refractivity contribution in [2.75, 3.05) is 0 Å². The molecule has 2 unspecified atom stereocenters. The Morgan fingerprint density at radius 2 is 2.36 bits per heavy atom. The van der Waals surface area contributed by atoms with E-state index in [9.17, 15) is 9.18 Å². The molecule has 4 heteroatoms. The van der Waals surface area contributed by atoms with E-state index >= 15 is 0 Å². The Bertz CT molecular complexity index is 255. The fraction of sp³-hybridized carbons (Fsp3) is 0.800. The molecule has 0 N–H and O–H groups in total. The molecule has 1 heterocycles. The second-order valence-electron chi connectivity index (χ2n) is 4.03. The Balaban J connectivity index is 1.92.